The molecule has 0 aliphatic rings. The number of rotatable bonds is 4. The maximum absolute atomic E-state index is 11.2. The number of hydrogen-bond acceptors (Lipinski definition) is 3. The van der Waals surface area contributed by atoms with Gasteiger partial charge in [0.1, 0.15) is 11.3 Å². The van der Waals surface area contributed by atoms with Crippen molar-refractivity contribution in [3.05, 3.63) is 29.6 Å². The van der Waals surface area contributed by atoms with E-state index in [2.05, 4.69) is 4.98 Å². The van der Waals surface area contributed by atoms with Gasteiger partial charge in [-0.15, -0.1) is 0 Å². The van der Waals surface area contributed by atoms with E-state index in [0.29, 0.717) is 5.52 Å². The molecule has 5 nitrogen and oxygen atoms in total. The van der Waals surface area contributed by atoms with Crippen LogP contribution in [0.1, 0.15) is 36.1 Å². The van der Waals surface area contributed by atoms with Crippen LogP contribution >= 0.6 is 0 Å². The number of aliphatic hydroxyl groups excluding tert-OH is 1. The summed E-state index contributed by atoms with van der Waals surface area (Å²) in [5.41, 5.74) is 1.43. The van der Waals surface area contributed by atoms with E-state index in [-0.39, 0.29) is 24.1 Å². The molecule has 1 heterocycles. The van der Waals surface area contributed by atoms with Crippen molar-refractivity contribution in [3.63, 3.8) is 0 Å². The van der Waals surface area contributed by atoms with Gasteiger partial charge in [0.25, 0.3) is 0 Å². The first kappa shape index (κ1) is 13.5. The molecule has 0 radical (unpaired) electrons. The summed E-state index contributed by atoms with van der Waals surface area (Å²) in [6.07, 6.45) is 0. The highest BCUT2D eigenvalue weighted by molar-refractivity contribution is 6.01. The molecule has 0 aliphatic carbocycles. The number of carbonyl (C=O) groups is 1. The summed E-state index contributed by atoms with van der Waals surface area (Å²) in [5, 5.41) is 18.8. The number of para-hydroxylation sites is 1. The molecule has 19 heavy (non-hydrogen) atoms. The van der Waals surface area contributed by atoms with Crippen molar-refractivity contribution in [2.45, 2.75) is 26.8 Å². The predicted molar refractivity (Wildman–Crippen MR) is 72.4 cm³/mol. The fourth-order valence-electron chi connectivity index (χ4n) is 2.42. The molecule has 0 unspecified atom stereocenters. The Morgan fingerprint density at radius 3 is 2.63 bits per heavy atom. The number of benzene rings is 1. The maximum atomic E-state index is 11.2. The van der Waals surface area contributed by atoms with Crippen LogP contribution in [0, 0.1) is 12.8 Å². The van der Waals surface area contributed by atoms with E-state index in [4.69, 9.17) is 0 Å². The van der Waals surface area contributed by atoms with Gasteiger partial charge >= 0.3 is 5.97 Å². The van der Waals surface area contributed by atoms with Crippen molar-refractivity contribution in [1.29, 1.82) is 0 Å². The van der Waals surface area contributed by atoms with Gasteiger partial charge in [-0.1, -0.05) is 19.9 Å². The molecule has 102 valence electrons. The van der Waals surface area contributed by atoms with Crippen molar-refractivity contribution in [2.75, 3.05) is 6.61 Å². The number of aromatic nitrogens is 2. The fraction of sp³-hybridized carbons (Fsp3) is 0.429. The Hall–Kier alpha value is -1.88. The highest BCUT2D eigenvalue weighted by atomic mass is 16.4. The van der Waals surface area contributed by atoms with Gasteiger partial charge in [0, 0.05) is 0 Å². The summed E-state index contributed by atoms with van der Waals surface area (Å²) in [6, 6.07) is 4.99. The van der Waals surface area contributed by atoms with E-state index in [1.54, 1.807) is 12.1 Å². The molecular formula is C14H18N2O3. The molecule has 2 aromatic rings. The summed E-state index contributed by atoms with van der Waals surface area (Å²) >= 11 is 0. The van der Waals surface area contributed by atoms with Crippen molar-refractivity contribution in [2.24, 2.45) is 5.92 Å². The van der Waals surface area contributed by atoms with E-state index in [0.717, 1.165) is 11.3 Å². The fourth-order valence-corrected chi connectivity index (χ4v) is 2.42. The molecular weight excluding hydrogens is 244 g/mol. The van der Waals surface area contributed by atoms with Gasteiger partial charge < -0.3 is 14.8 Å². The molecule has 0 saturated carbocycles. The number of aromatic carboxylic acids is 1. The van der Waals surface area contributed by atoms with E-state index >= 15 is 0 Å². The number of imidazole rings is 1. The zero-order chi connectivity index (χ0) is 14.2. The number of nitrogens with zero attached hydrogens (tertiary/aromatic N) is 2. The van der Waals surface area contributed by atoms with E-state index in [9.17, 15) is 15.0 Å². The number of fused-ring (bicyclic) bond motifs is 1. The lowest BCUT2D eigenvalue weighted by Crippen LogP contribution is -2.20. The van der Waals surface area contributed by atoms with Gasteiger partial charge in [-0.2, -0.15) is 0 Å². The SMILES string of the molecule is Cc1nc2c(C(=O)O)cccc2n1[C@@H](CO)C(C)C. The maximum Gasteiger partial charge on any atom is 0.337 e. The van der Waals surface area contributed by atoms with Gasteiger partial charge in [-0.3, -0.25) is 0 Å². The highest BCUT2D eigenvalue weighted by Crippen LogP contribution is 2.27. The second-order valence-corrected chi connectivity index (χ2v) is 5.00. The summed E-state index contributed by atoms with van der Waals surface area (Å²) in [6.45, 7) is 5.87. The van der Waals surface area contributed by atoms with Gasteiger partial charge in [0.15, 0.2) is 0 Å². The van der Waals surface area contributed by atoms with E-state index in [1.165, 1.54) is 0 Å². The van der Waals surface area contributed by atoms with Crippen LogP contribution in [0.25, 0.3) is 11.0 Å². The number of aliphatic hydroxyl groups is 1. The number of carboxylic acid groups (broad SMARTS) is 1. The Morgan fingerprint density at radius 2 is 2.11 bits per heavy atom. The normalized spacial score (nSPS) is 13.1. The molecule has 2 rings (SSSR count). The number of carboxylic acids is 1. The summed E-state index contributed by atoms with van der Waals surface area (Å²) < 4.78 is 1.92. The molecule has 1 aromatic heterocycles. The Balaban J connectivity index is 2.72. The summed E-state index contributed by atoms with van der Waals surface area (Å²) in [4.78, 5) is 15.6. The van der Waals surface area contributed by atoms with Crippen LogP contribution in [-0.2, 0) is 0 Å². The summed E-state index contributed by atoms with van der Waals surface area (Å²) in [7, 11) is 0. The molecule has 0 fully saturated rings. The van der Waals surface area contributed by atoms with Gasteiger partial charge in [0.2, 0.25) is 0 Å². The minimum Gasteiger partial charge on any atom is -0.478 e. The first-order valence-electron chi connectivity index (χ1n) is 6.29. The Morgan fingerprint density at radius 1 is 1.42 bits per heavy atom. The molecule has 0 saturated heterocycles. The summed E-state index contributed by atoms with van der Waals surface area (Å²) in [5.74, 6) is -0.0358. The van der Waals surface area contributed by atoms with Crippen LogP contribution in [0.2, 0.25) is 0 Å². The Labute approximate surface area is 111 Å². The standard InChI is InChI=1S/C14H18N2O3/c1-8(2)12(7-17)16-9(3)15-13-10(14(18)19)5-4-6-11(13)16/h4-6,8,12,17H,7H2,1-3H3,(H,18,19)/t12-/m0/s1. The number of aryl methyl sites for hydroxylation is 1. The molecule has 1 atom stereocenters. The second kappa shape index (κ2) is 5.01. The highest BCUT2D eigenvalue weighted by Gasteiger charge is 2.21. The van der Waals surface area contributed by atoms with Crippen LogP contribution in [0.3, 0.4) is 0 Å². The lowest BCUT2D eigenvalue weighted by molar-refractivity contribution is 0.0699. The average molecular weight is 262 g/mol. The third-order valence-corrected chi connectivity index (χ3v) is 3.42. The molecule has 0 amide bonds. The molecule has 0 spiro atoms. The van der Waals surface area contributed by atoms with Crippen molar-refractivity contribution in [3.8, 4) is 0 Å². The average Bonchev–Trinajstić information content (AvgIpc) is 2.66. The van der Waals surface area contributed by atoms with Crippen LogP contribution in [0.15, 0.2) is 18.2 Å². The molecule has 5 heteroatoms. The Bertz CT molecular complexity index is 616. The van der Waals surface area contributed by atoms with Gasteiger partial charge in [0.05, 0.1) is 23.7 Å². The number of hydrogen-bond donors (Lipinski definition) is 2. The lowest BCUT2D eigenvalue weighted by atomic mass is 10.0. The van der Waals surface area contributed by atoms with Crippen LogP contribution in [-0.4, -0.2) is 32.3 Å². The van der Waals surface area contributed by atoms with Crippen LogP contribution in [0.4, 0.5) is 0 Å². The lowest BCUT2D eigenvalue weighted by Gasteiger charge is -2.22. The van der Waals surface area contributed by atoms with Crippen molar-refractivity contribution >= 4 is 17.0 Å². The van der Waals surface area contributed by atoms with Crippen LogP contribution < -0.4 is 0 Å². The predicted octanol–water partition coefficient (Wildman–Crippen LogP) is 2.23. The molecule has 0 bridgehead atoms. The molecule has 2 N–H and O–H groups in total. The molecule has 0 aliphatic heterocycles. The first-order valence-corrected chi connectivity index (χ1v) is 6.29. The van der Waals surface area contributed by atoms with Crippen molar-refractivity contribution < 1.29 is 15.0 Å². The van der Waals surface area contributed by atoms with Gasteiger partial charge in [-0.25, -0.2) is 9.78 Å². The van der Waals surface area contributed by atoms with Crippen molar-refractivity contribution in [1.82, 2.24) is 9.55 Å². The Kier molecular flexibility index (Phi) is 3.57. The third-order valence-electron chi connectivity index (χ3n) is 3.42. The first-order chi connectivity index (χ1) is 8.97. The molecule has 1 aromatic carbocycles. The smallest absolute Gasteiger partial charge is 0.337 e. The topological polar surface area (TPSA) is 75.3 Å². The second-order valence-electron chi connectivity index (χ2n) is 5.00. The minimum atomic E-state index is -0.986. The van der Waals surface area contributed by atoms with E-state index in [1.807, 2.05) is 31.4 Å². The minimum absolute atomic E-state index is 0.00126. The van der Waals surface area contributed by atoms with Crippen LogP contribution in [0.5, 0.6) is 0 Å². The monoisotopic (exact) mass is 262 g/mol. The quantitative estimate of drug-likeness (QED) is 0.886. The zero-order valence-electron chi connectivity index (χ0n) is 11.3. The van der Waals surface area contributed by atoms with Gasteiger partial charge in [-0.05, 0) is 25.0 Å². The van der Waals surface area contributed by atoms with E-state index < -0.39 is 5.97 Å². The zero-order valence-corrected chi connectivity index (χ0v) is 11.3. The third kappa shape index (κ3) is 2.21. The largest absolute Gasteiger partial charge is 0.478 e.